The van der Waals surface area contributed by atoms with Crippen LogP contribution in [0.25, 0.3) is 0 Å². The molecule has 0 bridgehead atoms. The largest absolute Gasteiger partial charge is 0.329 e. The van der Waals surface area contributed by atoms with Crippen molar-refractivity contribution in [3.8, 4) is 0 Å². The van der Waals surface area contributed by atoms with Gasteiger partial charge in [-0.2, -0.15) is 0 Å². The molecule has 2 saturated carbocycles. The lowest BCUT2D eigenvalue weighted by atomic mass is 9.97. The van der Waals surface area contributed by atoms with Crippen molar-refractivity contribution in [3.63, 3.8) is 0 Å². The quantitative estimate of drug-likeness (QED) is 0.702. The predicted octanol–water partition coefficient (Wildman–Crippen LogP) is 3.34. The van der Waals surface area contributed by atoms with Crippen molar-refractivity contribution in [1.29, 1.82) is 0 Å². The molecular weight excluding hydrogens is 232 g/mol. The van der Waals surface area contributed by atoms with Crippen LogP contribution < -0.4 is 11.1 Å². The standard InChI is InChI=1S/C17H26N2/c18-12-17(19-11-3-4-13-7-8-13)16-6-2-1-5-15(16)14-9-10-14/h1-2,5-6,13-14,17,19H,3-4,7-12,18H2. The molecule has 1 atom stereocenters. The molecule has 2 aliphatic carbocycles. The summed E-state index contributed by atoms with van der Waals surface area (Å²) in [6.07, 6.45) is 8.34. The fourth-order valence-electron chi connectivity index (χ4n) is 2.99. The summed E-state index contributed by atoms with van der Waals surface area (Å²) in [5.74, 6) is 1.84. The van der Waals surface area contributed by atoms with Gasteiger partial charge in [-0.1, -0.05) is 37.1 Å². The monoisotopic (exact) mass is 258 g/mol. The minimum Gasteiger partial charge on any atom is -0.329 e. The van der Waals surface area contributed by atoms with Crippen molar-refractivity contribution in [2.75, 3.05) is 13.1 Å². The minimum atomic E-state index is 0.344. The molecule has 3 N–H and O–H groups in total. The second-order valence-electron chi connectivity index (χ2n) is 6.23. The zero-order valence-corrected chi connectivity index (χ0v) is 11.8. The Morgan fingerprint density at radius 2 is 1.95 bits per heavy atom. The van der Waals surface area contributed by atoms with Gasteiger partial charge >= 0.3 is 0 Å². The van der Waals surface area contributed by atoms with E-state index in [0.717, 1.165) is 18.4 Å². The summed E-state index contributed by atoms with van der Waals surface area (Å²) in [5, 5.41) is 3.67. The molecule has 104 valence electrons. The van der Waals surface area contributed by atoms with E-state index in [0.29, 0.717) is 12.6 Å². The first kappa shape index (κ1) is 13.1. The van der Waals surface area contributed by atoms with E-state index >= 15 is 0 Å². The van der Waals surface area contributed by atoms with E-state index in [1.807, 2.05) is 0 Å². The molecule has 0 spiro atoms. The van der Waals surface area contributed by atoms with Crippen LogP contribution >= 0.6 is 0 Å². The van der Waals surface area contributed by atoms with E-state index in [1.165, 1.54) is 49.7 Å². The summed E-state index contributed by atoms with van der Waals surface area (Å²) in [7, 11) is 0. The Labute approximate surface area is 116 Å². The fourth-order valence-corrected chi connectivity index (χ4v) is 2.99. The Morgan fingerprint density at radius 1 is 1.16 bits per heavy atom. The minimum absolute atomic E-state index is 0.344. The molecule has 0 aromatic heterocycles. The lowest BCUT2D eigenvalue weighted by molar-refractivity contribution is 0.509. The highest BCUT2D eigenvalue weighted by Crippen LogP contribution is 2.42. The maximum absolute atomic E-state index is 5.99. The third-order valence-corrected chi connectivity index (χ3v) is 4.50. The highest BCUT2D eigenvalue weighted by atomic mass is 14.9. The third kappa shape index (κ3) is 3.58. The average molecular weight is 258 g/mol. The number of hydrogen-bond acceptors (Lipinski definition) is 2. The van der Waals surface area contributed by atoms with Gasteiger partial charge in [0.25, 0.3) is 0 Å². The normalized spacial score (nSPS) is 20.5. The Kier molecular flexibility index (Phi) is 4.19. The van der Waals surface area contributed by atoms with Gasteiger partial charge < -0.3 is 11.1 Å². The molecule has 2 fully saturated rings. The van der Waals surface area contributed by atoms with Gasteiger partial charge in [0.05, 0.1) is 0 Å². The summed E-state index contributed by atoms with van der Waals surface area (Å²) in [4.78, 5) is 0. The molecule has 1 unspecified atom stereocenters. The van der Waals surface area contributed by atoms with E-state index in [-0.39, 0.29) is 0 Å². The summed E-state index contributed by atoms with van der Waals surface area (Å²) < 4.78 is 0. The van der Waals surface area contributed by atoms with E-state index < -0.39 is 0 Å². The highest BCUT2D eigenvalue weighted by Gasteiger charge is 2.27. The second-order valence-corrected chi connectivity index (χ2v) is 6.23. The second kappa shape index (κ2) is 6.06. The zero-order valence-electron chi connectivity index (χ0n) is 11.8. The van der Waals surface area contributed by atoms with Crippen molar-refractivity contribution in [1.82, 2.24) is 5.32 Å². The van der Waals surface area contributed by atoms with Crippen molar-refractivity contribution in [2.24, 2.45) is 11.7 Å². The Balaban J connectivity index is 1.57. The maximum Gasteiger partial charge on any atom is 0.0447 e. The SMILES string of the molecule is NCC(NCCCC1CC1)c1ccccc1C1CC1. The van der Waals surface area contributed by atoms with Gasteiger partial charge in [0.1, 0.15) is 0 Å². The fraction of sp³-hybridized carbons (Fsp3) is 0.647. The summed E-state index contributed by atoms with van der Waals surface area (Å²) in [6.45, 7) is 1.81. The van der Waals surface area contributed by atoms with Gasteiger partial charge in [-0.25, -0.2) is 0 Å². The zero-order chi connectivity index (χ0) is 13.1. The van der Waals surface area contributed by atoms with E-state index in [4.69, 9.17) is 5.73 Å². The van der Waals surface area contributed by atoms with Gasteiger partial charge in [0, 0.05) is 12.6 Å². The Hall–Kier alpha value is -0.860. The molecule has 0 heterocycles. The van der Waals surface area contributed by atoms with Crippen LogP contribution in [0.2, 0.25) is 0 Å². The summed E-state index contributed by atoms with van der Waals surface area (Å²) in [6, 6.07) is 9.21. The Bertz CT molecular complexity index is 407. The Morgan fingerprint density at radius 3 is 2.63 bits per heavy atom. The van der Waals surface area contributed by atoms with Crippen LogP contribution in [-0.4, -0.2) is 13.1 Å². The third-order valence-electron chi connectivity index (χ3n) is 4.50. The van der Waals surface area contributed by atoms with E-state index in [9.17, 15) is 0 Å². The van der Waals surface area contributed by atoms with Crippen molar-refractivity contribution in [3.05, 3.63) is 35.4 Å². The summed E-state index contributed by atoms with van der Waals surface area (Å²) >= 11 is 0. The lowest BCUT2D eigenvalue weighted by Gasteiger charge is -2.20. The topological polar surface area (TPSA) is 38.0 Å². The molecule has 3 rings (SSSR count). The van der Waals surface area contributed by atoms with Crippen LogP contribution in [0, 0.1) is 5.92 Å². The molecule has 0 saturated heterocycles. The molecule has 0 radical (unpaired) electrons. The van der Waals surface area contributed by atoms with Crippen molar-refractivity contribution >= 4 is 0 Å². The average Bonchev–Trinajstić information content (AvgIpc) is 3.31. The molecule has 19 heavy (non-hydrogen) atoms. The van der Waals surface area contributed by atoms with Crippen molar-refractivity contribution in [2.45, 2.75) is 50.5 Å². The van der Waals surface area contributed by atoms with Gasteiger partial charge in [0.15, 0.2) is 0 Å². The first-order valence-electron chi connectivity index (χ1n) is 7.90. The molecule has 2 nitrogen and oxygen atoms in total. The number of nitrogens with one attached hydrogen (secondary N) is 1. The smallest absolute Gasteiger partial charge is 0.0447 e. The van der Waals surface area contributed by atoms with E-state index in [1.54, 1.807) is 0 Å². The van der Waals surface area contributed by atoms with Gasteiger partial charge in [0.2, 0.25) is 0 Å². The molecule has 1 aromatic carbocycles. The molecular formula is C17H26N2. The summed E-state index contributed by atoms with van der Waals surface area (Å²) in [5.41, 5.74) is 8.96. The number of rotatable bonds is 8. The van der Waals surface area contributed by atoms with Crippen LogP contribution in [0.1, 0.15) is 61.6 Å². The molecule has 1 aromatic rings. The number of benzene rings is 1. The van der Waals surface area contributed by atoms with Crippen molar-refractivity contribution < 1.29 is 0 Å². The highest BCUT2D eigenvalue weighted by molar-refractivity contribution is 5.35. The van der Waals surface area contributed by atoms with Gasteiger partial charge in [-0.05, 0) is 55.2 Å². The lowest BCUT2D eigenvalue weighted by Crippen LogP contribution is -2.29. The molecule has 0 amide bonds. The van der Waals surface area contributed by atoms with Crippen LogP contribution in [0.4, 0.5) is 0 Å². The van der Waals surface area contributed by atoms with E-state index in [2.05, 4.69) is 29.6 Å². The van der Waals surface area contributed by atoms with Crippen LogP contribution in [0.3, 0.4) is 0 Å². The van der Waals surface area contributed by atoms with Crippen LogP contribution in [-0.2, 0) is 0 Å². The van der Waals surface area contributed by atoms with Crippen LogP contribution in [0.15, 0.2) is 24.3 Å². The predicted molar refractivity (Wildman–Crippen MR) is 80.2 cm³/mol. The first-order valence-corrected chi connectivity index (χ1v) is 7.90. The first-order chi connectivity index (χ1) is 9.38. The van der Waals surface area contributed by atoms with Gasteiger partial charge in [-0.3, -0.25) is 0 Å². The number of nitrogens with two attached hydrogens (primary N) is 1. The van der Waals surface area contributed by atoms with Crippen LogP contribution in [0.5, 0.6) is 0 Å². The maximum atomic E-state index is 5.99. The number of hydrogen-bond donors (Lipinski definition) is 2. The van der Waals surface area contributed by atoms with Gasteiger partial charge in [-0.15, -0.1) is 0 Å². The molecule has 2 aliphatic rings. The molecule has 0 aliphatic heterocycles. The molecule has 2 heteroatoms.